The molecule has 96 valence electrons. The summed E-state index contributed by atoms with van der Waals surface area (Å²) in [5.74, 6) is 1.81. The molecular weight excluding hydrogens is 224 g/mol. The number of aromatic nitrogens is 1. The first-order valence-corrected chi connectivity index (χ1v) is 6.51. The van der Waals surface area contributed by atoms with Gasteiger partial charge in [-0.25, -0.2) is 4.98 Å². The van der Waals surface area contributed by atoms with Crippen LogP contribution in [0.2, 0.25) is 0 Å². The fraction of sp³-hybridized carbons (Fsp3) is 0.400. The van der Waals surface area contributed by atoms with E-state index in [1.807, 2.05) is 24.4 Å². The number of hydrogen-bond donors (Lipinski definition) is 1. The molecule has 0 atom stereocenters. The van der Waals surface area contributed by atoms with E-state index < -0.39 is 0 Å². The number of methoxy groups -OCH3 is 1. The highest BCUT2D eigenvalue weighted by Crippen LogP contribution is 2.25. The van der Waals surface area contributed by atoms with Crippen LogP contribution in [-0.4, -0.2) is 18.6 Å². The third-order valence-electron chi connectivity index (χ3n) is 3.05. The minimum absolute atomic E-state index is 0.868. The van der Waals surface area contributed by atoms with Crippen LogP contribution in [0.4, 0.5) is 5.82 Å². The topological polar surface area (TPSA) is 34.2 Å². The highest BCUT2D eigenvalue weighted by atomic mass is 16.5. The van der Waals surface area contributed by atoms with E-state index in [9.17, 15) is 0 Å². The van der Waals surface area contributed by atoms with Crippen molar-refractivity contribution in [1.29, 1.82) is 0 Å². The van der Waals surface area contributed by atoms with Gasteiger partial charge in [-0.05, 0) is 30.0 Å². The van der Waals surface area contributed by atoms with Crippen LogP contribution in [0, 0.1) is 0 Å². The van der Waals surface area contributed by atoms with Crippen molar-refractivity contribution in [2.75, 3.05) is 19.0 Å². The number of ether oxygens (including phenoxy) is 1. The van der Waals surface area contributed by atoms with Gasteiger partial charge in [0.2, 0.25) is 0 Å². The van der Waals surface area contributed by atoms with Crippen LogP contribution in [0.3, 0.4) is 0 Å². The van der Waals surface area contributed by atoms with Gasteiger partial charge < -0.3 is 10.1 Å². The van der Waals surface area contributed by atoms with E-state index in [4.69, 9.17) is 4.74 Å². The monoisotopic (exact) mass is 244 g/mol. The van der Waals surface area contributed by atoms with Crippen molar-refractivity contribution in [3.05, 3.63) is 30.5 Å². The highest BCUT2D eigenvalue weighted by Gasteiger charge is 2.03. The second kappa shape index (κ2) is 6.24. The Hall–Kier alpha value is -1.77. The molecule has 3 heteroatoms. The molecule has 18 heavy (non-hydrogen) atoms. The van der Waals surface area contributed by atoms with E-state index in [-0.39, 0.29) is 0 Å². The minimum Gasteiger partial charge on any atom is -0.497 e. The van der Waals surface area contributed by atoms with Gasteiger partial charge in [0.1, 0.15) is 11.6 Å². The summed E-state index contributed by atoms with van der Waals surface area (Å²) < 4.78 is 5.26. The van der Waals surface area contributed by atoms with Gasteiger partial charge in [-0.2, -0.15) is 0 Å². The fourth-order valence-corrected chi connectivity index (χ4v) is 2.00. The number of rotatable bonds is 6. The molecular formula is C15H20N2O. The van der Waals surface area contributed by atoms with Gasteiger partial charge >= 0.3 is 0 Å². The summed E-state index contributed by atoms with van der Waals surface area (Å²) in [5.41, 5.74) is 0. The Labute approximate surface area is 108 Å². The summed E-state index contributed by atoms with van der Waals surface area (Å²) in [4.78, 5) is 4.41. The Morgan fingerprint density at radius 2 is 2.11 bits per heavy atom. The van der Waals surface area contributed by atoms with Gasteiger partial charge in [0, 0.05) is 18.1 Å². The van der Waals surface area contributed by atoms with Crippen LogP contribution in [-0.2, 0) is 0 Å². The van der Waals surface area contributed by atoms with Crippen molar-refractivity contribution in [3.63, 3.8) is 0 Å². The maximum Gasteiger partial charge on any atom is 0.133 e. The molecule has 0 saturated carbocycles. The number of unbranched alkanes of at least 4 members (excludes halogenated alkanes) is 2. The van der Waals surface area contributed by atoms with Crippen LogP contribution >= 0.6 is 0 Å². The number of hydrogen-bond acceptors (Lipinski definition) is 3. The van der Waals surface area contributed by atoms with E-state index in [1.165, 1.54) is 24.6 Å². The lowest BCUT2D eigenvalue weighted by molar-refractivity contribution is 0.415. The summed E-state index contributed by atoms with van der Waals surface area (Å²) in [6.45, 7) is 3.18. The lowest BCUT2D eigenvalue weighted by Gasteiger charge is -2.09. The molecule has 1 aromatic carbocycles. The quantitative estimate of drug-likeness (QED) is 0.784. The highest BCUT2D eigenvalue weighted by molar-refractivity contribution is 5.92. The number of nitrogens with one attached hydrogen (secondary N) is 1. The van der Waals surface area contributed by atoms with Gasteiger partial charge in [0.15, 0.2) is 0 Å². The van der Waals surface area contributed by atoms with Crippen molar-refractivity contribution in [3.8, 4) is 5.75 Å². The van der Waals surface area contributed by atoms with E-state index in [0.29, 0.717) is 0 Å². The van der Waals surface area contributed by atoms with Crippen molar-refractivity contribution in [1.82, 2.24) is 4.98 Å². The normalized spacial score (nSPS) is 10.6. The van der Waals surface area contributed by atoms with Crippen LogP contribution in [0.5, 0.6) is 5.75 Å². The molecule has 1 heterocycles. The summed E-state index contributed by atoms with van der Waals surface area (Å²) in [6.07, 6.45) is 5.51. The third-order valence-corrected chi connectivity index (χ3v) is 3.05. The Bertz CT molecular complexity index is 511. The first kappa shape index (κ1) is 12.7. The second-order valence-corrected chi connectivity index (χ2v) is 4.38. The average molecular weight is 244 g/mol. The number of anilines is 1. The summed E-state index contributed by atoms with van der Waals surface area (Å²) >= 11 is 0. The molecule has 0 bridgehead atoms. The van der Waals surface area contributed by atoms with Crippen molar-refractivity contribution in [2.24, 2.45) is 0 Å². The maximum atomic E-state index is 5.26. The van der Waals surface area contributed by atoms with Crippen LogP contribution in [0.15, 0.2) is 30.5 Å². The molecule has 0 unspecified atom stereocenters. The van der Waals surface area contributed by atoms with Crippen LogP contribution < -0.4 is 10.1 Å². The molecule has 0 spiro atoms. The van der Waals surface area contributed by atoms with Gasteiger partial charge in [-0.1, -0.05) is 25.8 Å². The zero-order chi connectivity index (χ0) is 12.8. The second-order valence-electron chi connectivity index (χ2n) is 4.38. The summed E-state index contributed by atoms with van der Waals surface area (Å²) in [5, 5.41) is 5.71. The lowest BCUT2D eigenvalue weighted by Crippen LogP contribution is -2.03. The van der Waals surface area contributed by atoms with E-state index in [1.54, 1.807) is 7.11 Å². The number of pyridine rings is 1. The smallest absolute Gasteiger partial charge is 0.133 e. The van der Waals surface area contributed by atoms with Crippen LogP contribution in [0.25, 0.3) is 10.8 Å². The van der Waals surface area contributed by atoms with Gasteiger partial charge in [0.05, 0.1) is 7.11 Å². The molecule has 0 amide bonds. The molecule has 0 radical (unpaired) electrons. The number of fused-ring (bicyclic) bond motifs is 1. The molecule has 1 aromatic heterocycles. The van der Waals surface area contributed by atoms with Crippen LogP contribution in [0.1, 0.15) is 26.2 Å². The minimum atomic E-state index is 0.868. The van der Waals surface area contributed by atoms with Gasteiger partial charge in [-0.3, -0.25) is 0 Å². The molecule has 0 saturated heterocycles. The van der Waals surface area contributed by atoms with Crippen molar-refractivity contribution in [2.45, 2.75) is 26.2 Å². The molecule has 0 aliphatic rings. The Kier molecular flexibility index (Phi) is 4.40. The average Bonchev–Trinajstić information content (AvgIpc) is 2.43. The lowest BCUT2D eigenvalue weighted by atomic mass is 10.1. The predicted molar refractivity (Wildman–Crippen MR) is 76.3 cm³/mol. The van der Waals surface area contributed by atoms with E-state index in [2.05, 4.69) is 23.3 Å². The molecule has 1 N–H and O–H groups in total. The zero-order valence-electron chi connectivity index (χ0n) is 11.1. The third kappa shape index (κ3) is 2.92. The standard InChI is InChI=1S/C15H20N2O/c1-3-4-5-9-16-15-14-11-13(18-2)7-6-12(14)8-10-17-15/h6-8,10-11H,3-5,9H2,1-2H3,(H,16,17). The zero-order valence-corrected chi connectivity index (χ0v) is 11.1. The van der Waals surface area contributed by atoms with E-state index >= 15 is 0 Å². The van der Waals surface area contributed by atoms with Gasteiger partial charge in [-0.15, -0.1) is 0 Å². The molecule has 0 aliphatic heterocycles. The SMILES string of the molecule is CCCCCNc1nccc2ccc(OC)cc12. The first-order valence-electron chi connectivity index (χ1n) is 6.51. The largest absolute Gasteiger partial charge is 0.497 e. The summed E-state index contributed by atoms with van der Waals surface area (Å²) in [6, 6.07) is 8.09. The molecule has 2 rings (SSSR count). The van der Waals surface area contributed by atoms with Gasteiger partial charge in [0.25, 0.3) is 0 Å². The van der Waals surface area contributed by atoms with E-state index in [0.717, 1.165) is 23.5 Å². The molecule has 0 fully saturated rings. The summed E-state index contributed by atoms with van der Waals surface area (Å²) in [7, 11) is 1.69. The molecule has 0 aliphatic carbocycles. The Balaban J connectivity index is 2.20. The van der Waals surface area contributed by atoms with Crippen molar-refractivity contribution >= 4 is 16.6 Å². The predicted octanol–water partition coefficient (Wildman–Crippen LogP) is 3.85. The number of nitrogens with zero attached hydrogens (tertiary/aromatic N) is 1. The Morgan fingerprint density at radius 1 is 1.22 bits per heavy atom. The first-order chi connectivity index (χ1) is 8.85. The molecule has 2 aromatic rings. The maximum absolute atomic E-state index is 5.26. The Morgan fingerprint density at radius 3 is 2.89 bits per heavy atom. The number of benzene rings is 1. The molecule has 3 nitrogen and oxygen atoms in total. The fourth-order valence-electron chi connectivity index (χ4n) is 2.00. The van der Waals surface area contributed by atoms with Crippen molar-refractivity contribution < 1.29 is 4.74 Å².